The van der Waals surface area contributed by atoms with Gasteiger partial charge in [-0.1, -0.05) is 22.0 Å². The molecule has 0 aromatic heterocycles. The van der Waals surface area contributed by atoms with Crippen LogP contribution in [0.3, 0.4) is 0 Å². The fourth-order valence-electron chi connectivity index (χ4n) is 1.93. The molecule has 2 N–H and O–H groups in total. The lowest BCUT2D eigenvalue weighted by Crippen LogP contribution is -2.47. The molecule has 21 heavy (non-hydrogen) atoms. The van der Waals surface area contributed by atoms with Crippen LogP contribution in [-0.2, 0) is 4.79 Å². The number of carbonyl (C=O) groups excluding carboxylic acids is 1. The molecule has 0 spiro atoms. The normalized spacial score (nSPS) is 13.8. The highest BCUT2D eigenvalue weighted by Gasteiger charge is 2.21. The number of hydrogen-bond acceptors (Lipinski definition) is 4. The second-order valence-corrected chi connectivity index (χ2v) is 6.48. The van der Waals surface area contributed by atoms with Crippen LogP contribution in [0.5, 0.6) is 5.75 Å². The maximum absolute atomic E-state index is 11.7. The predicted octanol–water partition coefficient (Wildman–Crippen LogP) is 1.65. The molecule has 1 atom stereocenters. The number of ether oxygens (including phenoxy) is 1. The van der Waals surface area contributed by atoms with Gasteiger partial charge in [-0.25, -0.2) is 0 Å². The molecule has 0 saturated carbocycles. The highest BCUT2D eigenvalue weighted by atomic mass is 79.9. The monoisotopic (exact) mass is 358 g/mol. The first kappa shape index (κ1) is 17.9. The number of hydrogen-bond donors (Lipinski definition) is 2. The summed E-state index contributed by atoms with van der Waals surface area (Å²) in [7, 11) is 3.75. The third-order valence-corrected chi connectivity index (χ3v) is 3.21. The average molecular weight is 359 g/mol. The van der Waals surface area contributed by atoms with E-state index in [0.29, 0.717) is 13.2 Å². The second-order valence-electron chi connectivity index (χ2n) is 5.57. The van der Waals surface area contributed by atoms with Gasteiger partial charge in [-0.15, -0.1) is 0 Å². The number of amides is 1. The second kappa shape index (κ2) is 8.36. The van der Waals surface area contributed by atoms with E-state index in [-0.39, 0.29) is 18.9 Å². The Morgan fingerprint density at radius 3 is 2.81 bits per heavy atom. The van der Waals surface area contributed by atoms with Crippen LogP contribution in [-0.4, -0.2) is 55.3 Å². The van der Waals surface area contributed by atoms with Crippen molar-refractivity contribution in [1.82, 2.24) is 10.2 Å². The van der Waals surface area contributed by atoms with Gasteiger partial charge in [0.2, 0.25) is 5.91 Å². The smallest absolute Gasteiger partial charge is 0.223 e. The largest absolute Gasteiger partial charge is 0.493 e. The quantitative estimate of drug-likeness (QED) is 0.741. The van der Waals surface area contributed by atoms with Gasteiger partial charge in [0.05, 0.1) is 18.6 Å². The number of rotatable bonds is 8. The van der Waals surface area contributed by atoms with Gasteiger partial charge in [0.25, 0.3) is 0 Å². The standard InChI is InChI=1S/C15H23BrN2O3/c1-15(20,11-18(2)3)10-17-14(19)7-8-21-13-6-4-5-12(16)9-13/h4-6,9,20H,7-8,10-11H2,1-3H3,(H,17,19). The first-order valence-corrected chi connectivity index (χ1v) is 7.60. The third kappa shape index (κ3) is 8.04. The summed E-state index contributed by atoms with van der Waals surface area (Å²) in [6.45, 7) is 2.71. The molecule has 118 valence electrons. The van der Waals surface area contributed by atoms with Gasteiger partial charge in [-0.05, 0) is 39.2 Å². The Kier molecular flexibility index (Phi) is 7.14. The molecule has 0 fully saturated rings. The van der Waals surface area contributed by atoms with E-state index in [0.717, 1.165) is 10.2 Å². The molecule has 1 aromatic carbocycles. The maximum Gasteiger partial charge on any atom is 0.223 e. The molecular formula is C15H23BrN2O3. The molecule has 1 aromatic rings. The van der Waals surface area contributed by atoms with Gasteiger partial charge in [0.15, 0.2) is 0 Å². The SMILES string of the molecule is CN(C)CC(C)(O)CNC(=O)CCOc1cccc(Br)c1. The van der Waals surface area contributed by atoms with Gasteiger partial charge in [-0.2, -0.15) is 0 Å². The van der Waals surface area contributed by atoms with Crippen LogP contribution < -0.4 is 10.1 Å². The van der Waals surface area contributed by atoms with Gasteiger partial charge in [0, 0.05) is 17.6 Å². The minimum Gasteiger partial charge on any atom is -0.493 e. The van der Waals surface area contributed by atoms with Crippen LogP contribution in [0.15, 0.2) is 28.7 Å². The first-order valence-electron chi connectivity index (χ1n) is 6.81. The summed E-state index contributed by atoms with van der Waals surface area (Å²) in [4.78, 5) is 13.6. The Morgan fingerprint density at radius 2 is 2.19 bits per heavy atom. The minimum atomic E-state index is -0.940. The summed E-state index contributed by atoms with van der Waals surface area (Å²) in [5.41, 5.74) is -0.940. The molecule has 0 aliphatic rings. The average Bonchev–Trinajstić information content (AvgIpc) is 2.35. The fourth-order valence-corrected chi connectivity index (χ4v) is 2.31. The van der Waals surface area contributed by atoms with Crippen LogP contribution in [0.2, 0.25) is 0 Å². The predicted molar refractivity (Wildman–Crippen MR) is 86.4 cm³/mol. The molecule has 0 aliphatic carbocycles. The zero-order valence-corrected chi connectivity index (χ0v) is 14.3. The number of likely N-dealkylation sites (N-methyl/N-ethyl adjacent to an activating group) is 1. The van der Waals surface area contributed by atoms with Crippen LogP contribution in [0.4, 0.5) is 0 Å². The van der Waals surface area contributed by atoms with Crippen LogP contribution in [0.1, 0.15) is 13.3 Å². The number of halogens is 1. The van der Waals surface area contributed by atoms with Crippen LogP contribution in [0.25, 0.3) is 0 Å². The van der Waals surface area contributed by atoms with E-state index >= 15 is 0 Å². The summed E-state index contributed by atoms with van der Waals surface area (Å²) in [5.74, 6) is 0.584. The van der Waals surface area contributed by atoms with Crippen molar-refractivity contribution >= 4 is 21.8 Å². The van der Waals surface area contributed by atoms with Gasteiger partial charge in [-0.3, -0.25) is 4.79 Å². The fraction of sp³-hybridized carbons (Fsp3) is 0.533. The van der Waals surface area contributed by atoms with E-state index in [4.69, 9.17) is 4.74 Å². The van der Waals surface area contributed by atoms with Crippen molar-refractivity contribution in [2.75, 3.05) is 33.8 Å². The molecule has 5 nitrogen and oxygen atoms in total. The number of aliphatic hydroxyl groups is 1. The summed E-state index contributed by atoms with van der Waals surface area (Å²) < 4.78 is 6.43. The lowest BCUT2D eigenvalue weighted by atomic mass is 10.1. The Labute approximate surface area is 134 Å². The summed E-state index contributed by atoms with van der Waals surface area (Å²) >= 11 is 3.36. The lowest BCUT2D eigenvalue weighted by molar-refractivity contribution is -0.122. The lowest BCUT2D eigenvalue weighted by Gasteiger charge is -2.27. The molecule has 1 rings (SSSR count). The highest BCUT2D eigenvalue weighted by Crippen LogP contribution is 2.17. The molecule has 6 heteroatoms. The van der Waals surface area contributed by atoms with Gasteiger partial charge in [0.1, 0.15) is 5.75 Å². The zero-order valence-electron chi connectivity index (χ0n) is 12.7. The summed E-state index contributed by atoms with van der Waals surface area (Å²) in [6.07, 6.45) is 0.255. The zero-order chi connectivity index (χ0) is 15.9. The van der Waals surface area contributed by atoms with Crippen LogP contribution >= 0.6 is 15.9 Å². The van der Waals surface area contributed by atoms with E-state index < -0.39 is 5.60 Å². The number of nitrogens with zero attached hydrogens (tertiary/aromatic N) is 1. The Bertz CT molecular complexity index is 464. The Hall–Kier alpha value is -1.11. The molecule has 0 bridgehead atoms. The topological polar surface area (TPSA) is 61.8 Å². The summed E-state index contributed by atoms with van der Waals surface area (Å²) in [5, 5.41) is 12.8. The summed E-state index contributed by atoms with van der Waals surface area (Å²) in [6, 6.07) is 7.47. The Morgan fingerprint density at radius 1 is 1.48 bits per heavy atom. The molecular weight excluding hydrogens is 336 g/mol. The van der Waals surface area contributed by atoms with E-state index in [2.05, 4.69) is 21.2 Å². The first-order chi connectivity index (χ1) is 9.78. The molecule has 0 radical (unpaired) electrons. The van der Waals surface area contributed by atoms with Crippen molar-refractivity contribution in [2.45, 2.75) is 18.9 Å². The Balaban J connectivity index is 2.25. The molecule has 0 aliphatic heterocycles. The van der Waals surface area contributed by atoms with E-state index in [1.165, 1.54) is 0 Å². The number of benzene rings is 1. The number of carbonyl (C=O) groups is 1. The van der Waals surface area contributed by atoms with E-state index in [9.17, 15) is 9.90 Å². The van der Waals surface area contributed by atoms with Gasteiger partial charge < -0.3 is 20.1 Å². The number of nitrogens with one attached hydrogen (secondary N) is 1. The molecule has 1 amide bonds. The highest BCUT2D eigenvalue weighted by molar-refractivity contribution is 9.10. The van der Waals surface area contributed by atoms with Crippen molar-refractivity contribution in [3.63, 3.8) is 0 Å². The molecule has 0 heterocycles. The molecule has 1 unspecified atom stereocenters. The van der Waals surface area contributed by atoms with Crippen molar-refractivity contribution in [1.29, 1.82) is 0 Å². The van der Waals surface area contributed by atoms with E-state index in [1.807, 2.05) is 43.3 Å². The van der Waals surface area contributed by atoms with Crippen molar-refractivity contribution in [3.05, 3.63) is 28.7 Å². The van der Waals surface area contributed by atoms with Crippen molar-refractivity contribution < 1.29 is 14.6 Å². The van der Waals surface area contributed by atoms with Crippen molar-refractivity contribution in [3.8, 4) is 5.75 Å². The minimum absolute atomic E-state index is 0.135. The van der Waals surface area contributed by atoms with Gasteiger partial charge >= 0.3 is 0 Å². The third-order valence-electron chi connectivity index (χ3n) is 2.72. The van der Waals surface area contributed by atoms with E-state index in [1.54, 1.807) is 6.92 Å². The van der Waals surface area contributed by atoms with Crippen LogP contribution in [0, 0.1) is 0 Å². The molecule has 0 saturated heterocycles. The van der Waals surface area contributed by atoms with Crippen molar-refractivity contribution in [2.24, 2.45) is 0 Å². The maximum atomic E-state index is 11.7.